The Hall–Kier alpha value is -1.17. The van der Waals surface area contributed by atoms with Gasteiger partial charge in [0, 0.05) is 20.2 Å². The number of nitrogens with zero attached hydrogens (tertiary/aromatic N) is 1. The van der Waals surface area contributed by atoms with Gasteiger partial charge in [-0.2, -0.15) is 0 Å². The first-order valence-electron chi connectivity index (χ1n) is 6.28. The predicted molar refractivity (Wildman–Crippen MR) is 71.9 cm³/mol. The topological polar surface area (TPSA) is 41.9 Å². The number of likely N-dealkylation sites (N-methyl/N-ethyl adjacent to an activating group) is 1. The van der Waals surface area contributed by atoms with Gasteiger partial charge in [0.25, 0.3) is 0 Å². The first-order chi connectivity index (χ1) is 9.10. The average molecular weight is 271 g/mol. The zero-order valence-electron chi connectivity index (χ0n) is 11.7. The van der Waals surface area contributed by atoms with Crippen molar-refractivity contribution >= 4 is 0 Å². The maximum absolute atomic E-state index is 13.7. The van der Waals surface area contributed by atoms with Crippen LogP contribution in [0.4, 0.5) is 4.39 Å². The molecule has 0 amide bonds. The molecule has 0 aromatic heterocycles. The van der Waals surface area contributed by atoms with Crippen molar-refractivity contribution in [3.05, 3.63) is 29.6 Å². The number of methoxy groups -OCH3 is 2. The highest BCUT2D eigenvalue weighted by Crippen LogP contribution is 2.29. The molecule has 1 unspecified atom stereocenters. The Kier molecular flexibility index (Phi) is 6.77. The molecule has 0 saturated carbocycles. The number of aliphatic hydroxyl groups is 1. The van der Waals surface area contributed by atoms with Gasteiger partial charge in [0.05, 0.1) is 25.4 Å². The zero-order chi connectivity index (χ0) is 14.3. The molecule has 1 aromatic rings. The fourth-order valence-corrected chi connectivity index (χ4v) is 1.86. The minimum Gasteiger partial charge on any atom is -0.496 e. The minimum atomic E-state index is -0.874. The van der Waals surface area contributed by atoms with Crippen LogP contribution >= 0.6 is 0 Å². The molecule has 0 spiro atoms. The number of rotatable bonds is 8. The van der Waals surface area contributed by atoms with Gasteiger partial charge in [-0.05, 0) is 25.6 Å². The normalized spacial score (nSPS) is 12.7. The Morgan fingerprint density at radius 3 is 2.68 bits per heavy atom. The number of hydrogen-bond donors (Lipinski definition) is 1. The summed E-state index contributed by atoms with van der Waals surface area (Å²) in [7, 11) is 5.05. The smallest absolute Gasteiger partial charge is 0.132 e. The van der Waals surface area contributed by atoms with Gasteiger partial charge in [-0.25, -0.2) is 4.39 Å². The van der Waals surface area contributed by atoms with Gasteiger partial charge in [0.1, 0.15) is 11.6 Å². The van der Waals surface area contributed by atoms with Gasteiger partial charge in [0.15, 0.2) is 0 Å². The predicted octanol–water partition coefficient (Wildman–Crippen LogP) is 1.84. The van der Waals surface area contributed by atoms with Crippen molar-refractivity contribution in [1.82, 2.24) is 4.90 Å². The van der Waals surface area contributed by atoms with Crippen molar-refractivity contribution in [2.45, 2.75) is 12.5 Å². The van der Waals surface area contributed by atoms with E-state index in [4.69, 9.17) is 9.47 Å². The molecule has 0 heterocycles. The molecule has 1 aromatic carbocycles. The Labute approximate surface area is 113 Å². The highest BCUT2D eigenvalue weighted by atomic mass is 19.1. The Morgan fingerprint density at radius 1 is 1.32 bits per heavy atom. The summed E-state index contributed by atoms with van der Waals surface area (Å²) >= 11 is 0. The van der Waals surface area contributed by atoms with Gasteiger partial charge in [-0.15, -0.1) is 0 Å². The summed E-state index contributed by atoms with van der Waals surface area (Å²) in [6, 6.07) is 4.54. The fraction of sp³-hybridized carbons (Fsp3) is 0.571. The number of benzene rings is 1. The van der Waals surface area contributed by atoms with E-state index in [1.165, 1.54) is 13.2 Å². The second kappa shape index (κ2) is 8.09. The van der Waals surface area contributed by atoms with Crippen LogP contribution in [0, 0.1) is 5.82 Å². The SMILES string of the molecule is COCCN(C)CCC(O)c1c(F)cccc1OC. The van der Waals surface area contributed by atoms with Crippen LogP contribution in [0.15, 0.2) is 18.2 Å². The lowest BCUT2D eigenvalue weighted by atomic mass is 10.0. The van der Waals surface area contributed by atoms with Gasteiger partial charge < -0.3 is 19.5 Å². The lowest BCUT2D eigenvalue weighted by Gasteiger charge is -2.20. The van der Waals surface area contributed by atoms with Gasteiger partial charge in [-0.1, -0.05) is 6.07 Å². The summed E-state index contributed by atoms with van der Waals surface area (Å²) in [5, 5.41) is 10.1. The molecule has 4 nitrogen and oxygen atoms in total. The van der Waals surface area contributed by atoms with E-state index in [0.717, 1.165) is 6.54 Å². The molecule has 0 fully saturated rings. The Balaban J connectivity index is 2.60. The van der Waals surface area contributed by atoms with E-state index in [1.807, 2.05) is 11.9 Å². The molecule has 5 heteroatoms. The summed E-state index contributed by atoms with van der Waals surface area (Å²) in [6.07, 6.45) is -0.432. The summed E-state index contributed by atoms with van der Waals surface area (Å²) in [6.45, 7) is 2.06. The van der Waals surface area contributed by atoms with Crippen LogP contribution in [0.1, 0.15) is 18.1 Å². The lowest BCUT2D eigenvalue weighted by molar-refractivity contribution is 0.125. The fourth-order valence-electron chi connectivity index (χ4n) is 1.86. The van der Waals surface area contributed by atoms with Gasteiger partial charge in [-0.3, -0.25) is 0 Å². The first-order valence-corrected chi connectivity index (χ1v) is 6.28. The van der Waals surface area contributed by atoms with Crippen LogP contribution in [0.25, 0.3) is 0 Å². The molecular weight excluding hydrogens is 249 g/mol. The van der Waals surface area contributed by atoms with E-state index < -0.39 is 11.9 Å². The molecule has 1 rings (SSSR count). The highest BCUT2D eigenvalue weighted by Gasteiger charge is 2.18. The third-order valence-electron chi connectivity index (χ3n) is 3.03. The first kappa shape index (κ1) is 15.9. The summed E-state index contributed by atoms with van der Waals surface area (Å²) < 4.78 is 23.8. The van der Waals surface area contributed by atoms with Crippen molar-refractivity contribution < 1.29 is 19.0 Å². The number of hydrogen-bond acceptors (Lipinski definition) is 4. The van der Waals surface area contributed by atoms with E-state index in [0.29, 0.717) is 25.3 Å². The van der Waals surface area contributed by atoms with Crippen molar-refractivity contribution in [3.63, 3.8) is 0 Å². The Morgan fingerprint density at radius 2 is 2.05 bits per heavy atom. The van der Waals surface area contributed by atoms with E-state index in [-0.39, 0.29) is 5.56 Å². The number of halogens is 1. The van der Waals surface area contributed by atoms with E-state index in [2.05, 4.69) is 0 Å². The summed E-state index contributed by atoms with van der Waals surface area (Å²) in [5.74, 6) is -0.0570. The molecule has 108 valence electrons. The van der Waals surface area contributed by atoms with Crippen molar-refractivity contribution in [2.24, 2.45) is 0 Å². The number of aliphatic hydroxyl groups excluding tert-OH is 1. The average Bonchev–Trinajstić information content (AvgIpc) is 2.42. The number of ether oxygens (including phenoxy) is 2. The highest BCUT2D eigenvalue weighted by molar-refractivity contribution is 5.36. The van der Waals surface area contributed by atoms with Crippen LogP contribution in [0.5, 0.6) is 5.75 Å². The standard InChI is InChI=1S/C14H22FNO3/c1-16(9-10-18-2)8-7-12(17)14-11(15)5-4-6-13(14)19-3/h4-6,12,17H,7-10H2,1-3H3. The van der Waals surface area contributed by atoms with Crippen LogP contribution in [0.2, 0.25) is 0 Å². The molecular formula is C14H22FNO3. The van der Waals surface area contributed by atoms with Crippen molar-refractivity contribution in [1.29, 1.82) is 0 Å². The second-order valence-electron chi connectivity index (χ2n) is 4.46. The van der Waals surface area contributed by atoms with Crippen LogP contribution < -0.4 is 4.74 Å². The Bertz CT molecular complexity index is 387. The van der Waals surface area contributed by atoms with Gasteiger partial charge >= 0.3 is 0 Å². The largest absolute Gasteiger partial charge is 0.496 e. The molecule has 19 heavy (non-hydrogen) atoms. The maximum atomic E-state index is 13.7. The molecule has 1 N–H and O–H groups in total. The molecule has 0 saturated heterocycles. The molecule has 0 radical (unpaired) electrons. The maximum Gasteiger partial charge on any atom is 0.132 e. The summed E-state index contributed by atoms with van der Waals surface area (Å²) in [4.78, 5) is 2.03. The third kappa shape index (κ3) is 4.78. The van der Waals surface area contributed by atoms with Crippen LogP contribution in [-0.2, 0) is 4.74 Å². The zero-order valence-corrected chi connectivity index (χ0v) is 11.7. The molecule has 0 aliphatic heterocycles. The van der Waals surface area contributed by atoms with Gasteiger partial charge in [0.2, 0.25) is 0 Å². The second-order valence-corrected chi connectivity index (χ2v) is 4.46. The van der Waals surface area contributed by atoms with Crippen LogP contribution in [-0.4, -0.2) is 51.0 Å². The summed E-state index contributed by atoms with van der Waals surface area (Å²) in [5.41, 5.74) is 0.227. The molecule has 0 bridgehead atoms. The quantitative estimate of drug-likeness (QED) is 0.783. The molecule has 1 atom stereocenters. The van der Waals surface area contributed by atoms with E-state index in [1.54, 1.807) is 19.2 Å². The third-order valence-corrected chi connectivity index (χ3v) is 3.03. The minimum absolute atomic E-state index is 0.227. The van der Waals surface area contributed by atoms with Crippen molar-refractivity contribution in [2.75, 3.05) is 41.0 Å². The van der Waals surface area contributed by atoms with E-state index >= 15 is 0 Å². The van der Waals surface area contributed by atoms with Crippen LogP contribution in [0.3, 0.4) is 0 Å². The van der Waals surface area contributed by atoms with Crippen molar-refractivity contribution in [3.8, 4) is 5.75 Å². The van der Waals surface area contributed by atoms with E-state index in [9.17, 15) is 9.50 Å². The molecule has 0 aliphatic rings. The monoisotopic (exact) mass is 271 g/mol. The lowest BCUT2D eigenvalue weighted by Crippen LogP contribution is -2.25. The molecule has 0 aliphatic carbocycles.